The van der Waals surface area contributed by atoms with E-state index in [2.05, 4.69) is 31.6 Å². The average Bonchev–Trinajstić information content (AvgIpc) is 3.36. The summed E-state index contributed by atoms with van der Waals surface area (Å²) in [5.41, 5.74) is 3.97. The number of aromatic nitrogens is 8. The van der Waals surface area contributed by atoms with E-state index in [1.165, 1.54) is 34.8 Å². The molecule has 1 unspecified atom stereocenters. The number of hydrogen-bond acceptors (Lipinski definition) is 9. The van der Waals surface area contributed by atoms with Gasteiger partial charge in [-0.15, -0.1) is 5.10 Å². The second kappa shape index (κ2) is 10.4. The second-order valence-corrected chi connectivity index (χ2v) is 11.0. The molecule has 1 saturated carbocycles. The van der Waals surface area contributed by atoms with Gasteiger partial charge in [0, 0.05) is 25.2 Å². The smallest absolute Gasteiger partial charge is 0.310 e. The minimum absolute atomic E-state index is 0.0169. The molecule has 0 radical (unpaired) electrons. The number of ether oxygens (including phenoxy) is 1. The Kier molecular flexibility index (Phi) is 6.49. The van der Waals surface area contributed by atoms with Gasteiger partial charge in [-0.2, -0.15) is 5.10 Å². The fourth-order valence-corrected chi connectivity index (χ4v) is 5.51. The van der Waals surface area contributed by atoms with Crippen LogP contribution >= 0.6 is 11.6 Å². The molecule has 2 fully saturated rings. The summed E-state index contributed by atoms with van der Waals surface area (Å²) < 4.78 is 24.3. The summed E-state index contributed by atoms with van der Waals surface area (Å²) in [7, 11) is 1.42. The third kappa shape index (κ3) is 4.81. The van der Waals surface area contributed by atoms with Gasteiger partial charge < -0.3 is 19.4 Å². The highest BCUT2D eigenvalue weighted by Crippen LogP contribution is 2.41. The van der Waals surface area contributed by atoms with Gasteiger partial charge in [-0.3, -0.25) is 9.59 Å². The van der Waals surface area contributed by atoms with E-state index in [9.17, 15) is 14.0 Å². The van der Waals surface area contributed by atoms with Gasteiger partial charge in [-0.25, -0.2) is 23.6 Å². The van der Waals surface area contributed by atoms with Crippen molar-refractivity contribution in [3.63, 3.8) is 0 Å². The monoisotopic (exact) mass is 592 g/mol. The average molecular weight is 593 g/mol. The maximum absolute atomic E-state index is 14.5. The van der Waals surface area contributed by atoms with Crippen molar-refractivity contribution in [3.05, 3.63) is 70.7 Å². The number of nitrogens with one attached hydrogen (secondary N) is 1. The lowest BCUT2D eigenvalue weighted by atomic mass is 10.1. The van der Waals surface area contributed by atoms with Crippen molar-refractivity contribution in [2.75, 3.05) is 25.1 Å². The Morgan fingerprint density at radius 2 is 2.10 bits per heavy atom. The Morgan fingerprint density at radius 1 is 1.24 bits per heavy atom. The second-order valence-electron chi connectivity index (χ2n) is 10.6. The molecule has 15 heteroatoms. The molecule has 0 bridgehead atoms. The highest BCUT2D eigenvalue weighted by Gasteiger charge is 2.33. The maximum Gasteiger partial charge on any atom is 0.310 e. The normalized spacial score (nSPS) is 16.9. The van der Waals surface area contributed by atoms with Gasteiger partial charge >= 0.3 is 5.97 Å². The first-order valence-corrected chi connectivity index (χ1v) is 14.0. The fraction of sp³-hybridized carbons (Fsp3) is 0.370. The van der Waals surface area contributed by atoms with Crippen molar-refractivity contribution in [2.24, 2.45) is 5.92 Å². The van der Waals surface area contributed by atoms with E-state index in [1.807, 2.05) is 6.20 Å². The van der Waals surface area contributed by atoms with Crippen LogP contribution in [0.25, 0.3) is 11.2 Å². The number of anilines is 1. The Balaban J connectivity index is 1.08. The lowest BCUT2D eigenvalue weighted by Crippen LogP contribution is -2.24. The summed E-state index contributed by atoms with van der Waals surface area (Å²) in [5, 5.41) is 15.6. The van der Waals surface area contributed by atoms with Crippen LogP contribution in [-0.4, -0.2) is 71.1 Å². The Labute approximate surface area is 243 Å². The van der Waals surface area contributed by atoms with Crippen LogP contribution in [0.2, 0.25) is 5.02 Å². The number of carbonyl (C=O) groups excluding carboxylic acids is 2. The molecule has 1 saturated heterocycles. The lowest BCUT2D eigenvalue weighted by Gasteiger charge is -2.19. The van der Waals surface area contributed by atoms with Crippen LogP contribution in [0.4, 0.5) is 10.1 Å². The standard InChI is InChI=1S/C27H26ClFN10O3/c1-42-27(41)16-4-6-36(10-16)22-8-19(15-2-3-15)34-39-12-17(32-25(22)39)11-38-13-21(33-35-38)26(40)30-9-20-24-23(29)18(28)5-7-37(24)14-31-20/h5,7-8,12-16H,2-4,6,9-11H2,1H3,(H,30,40). The molecule has 6 heterocycles. The van der Waals surface area contributed by atoms with E-state index in [1.54, 1.807) is 10.7 Å². The molecule has 5 aromatic heterocycles. The molecule has 2 aliphatic rings. The van der Waals surface area contributed by atoms with Gasteiger partial charge in [0.25, 0.3) is 5.91 Å². The molecule has 7 rings (SSSR count). The molecule has 0 aromatic carbocycles. The molecule has 1 aliphatic carbocycles. The first-order valence-electron chi connectivity index (χ1n) is 13.6. The van der Waals surface area contributed by atoms with E-state index in [0.717, 1.165) is 37.2 Å². The molecule has 42 heavy (non-hydrogen) atoms. The number of pyridine rings is 1. The van der Waals surface area contributed by atoms with E-state index in [0.29, 0.717) is 29.5 Å². The van der Waals surface area contributed by atoms with Gasteiger partial charge in [0.15, 0.2) is 17.2 Å². The van der Waals surface area contributed by atoms with Crippen molar-refractivity contribution in [1.29, 1.82) is 0 Å². The summed E-state index contributed by atoms with van der Waals surface area (Å²) in [5.74, 6) is -1.02. The van der Waals surface area contributed by atoms with Crippen LogP contribution in [0.15, 0.2) is 37.1 Å². The van der Waals surface area contributed by atoms with Crippen molar-refractivity contribution >= 4 is 40.3 Å². The van der Waals surface area contributed by atoms with Gasteiger partial charge in [0.2, 0.25) is 0 Å². The SMILES string of the molecule is COC(=O)C1CCN(c2cc(C3CC3)nn3cc(Cn4cc(C(=O)NCc5ncn6ccc(Cl)c(F)c56)nn4)nc23)C1. The van der Waals surface area contributed by atoms with Gasteiger partial charge in [0.05, 0.1) is 72.6 Å². The molecule has 13 nitrogen and oxygen atoms in total. The van der Waals surface area contributed by atoms with E-state index < -0.39 is 11.7 Å². The minimum atomic E-state index is -0.603. The van der Waals surface area contributed by atoms with Crippen molar-refractivity contribution in [2.45, 2.75) is 38.3 Å². The molecule has 5 aromatic rings. The summed E-state index contributed by atoms with van der Waals surface area (Å²) in [6.07, 6.45) is 9.35. The highest BCUT2D eigenvalue weighted by molar-refractivity contribution is 6.31. The molecule has 216 valence electrons. The first kappa shape index (κ1) is 26.3. The van der Waals surface area contributed by atoms with Crippen LogP contribution < -0.4 is 10.2 Å². The Hall–Kier alpha value is -4.59. The first-order chi connectivity index (χ1) is 20.4. The quantitative estimate of drug-likeness (QED) is 0.270. The largest absolute Gasteiger partial charge is 0.469 e. The van der Waals surface area contributed by atoms with Crippen LogP contribution in [0, 0.1) is 11.7 Å². The van der Waals surface area contributed by atoms with E-state index in [4.69, 9.17) is 26.4 Å². The number of nitrogens with zero attached hydrogens (tertiary/aromatic N) is 9. The number of fused-ring (bicyclic) bond motifs is 2. The highest BCUT2D eigenvalue weighted by atomic mass is 35.5. The molecule has 1 atom stereocenters. The summed E-state index contributed by atoms with van der Waals surface area (Å²) in [4.78, 5) is 36.1. The van der Waals surface area contributed by atoms with Crippen LogP contribution in [0.3, 0.4) is 0 Å². The van der Waals surface area contributed by atoms with Crippen LogP contribution in [-0.2, 0) is 22.6 Å². The number of carbonyl (C=O) groups is 2. The molecular formula is C27H26ClFN10O3. The zero-order chi connectivity index (χ0) is 29.0. The number of amides is 1. The lowest BCUT2D eigenvalue weighted by molar-refractivity contribution is -0.144. The number of imidazole rings is 2. The number of halogens is 2. The summed E-state index contributed by atoms with van der Waals surface area (Å²) >= 11 is 5.90. The van der Waals surface area contributed by atoms with Crippen molar-refractivity contribution in [3.8, 4) is 0 Å². The zero-order valence-corrected chi connectivity index (χ0v) is 23.3. The predicted octanol–water partition coefficient (Wildman–Crippen LogP) is 2.62. The Morgan fingerprint density at radius 3 is 2.90 bits per heavy atom. The van der Waals surface area contributed by atoms with Gasteiger partial charge in [0.1, 0.15) is 5.52 Å². The topological polar surface area (TPSA) is 137 Å². The maximum atomic E-state index is 14.5. The summed E-state index contributed by atoms with van der Waals surface area (Å²) in [6.45, 7) is 1.54. The zero-order valence-electron chi connectivity index (χ0n) is 22.6. The van der Waals surface area contributed by atoms with Crippen molar-refractivity contribution < 1.29 is 18.7 Å². The molecule has 0 spiro atoms. The minimum Gasteiger partial charge on any atom is -0.469 e. The third-order valence-corrected chi connectivity index (χ3v) is 8.01. The molecule has 1 amide bonds. The third-order valence-electron chi connectivity index (χ3n) is 7.71. The summed E-state index contributed by atoms with van der Waals surface area (Å²) in [6, 6.07) is 3.52. The predicted molar refractivity (Wildman–Crippen MR) is 148 cm³/mol. The van der Waals surface area contributed by atoms with Crippen LogP contribution in [0.1, 0.15) is 52.8 Å². The molecule has 1 aliphatic heterocycles. The fourth-order valence-electron chi connectivity index (χ4n) is 5.37. The number of rotatable bonds is 8. The number of methoxy groups -OCH3 is 1. The van der Waals surface area contributed by atoms with E-state index >= 15 is 0 Å². The molecular weight excluding hydrogens is 567 g/mol. The Bertz CT molecular complexity index is 1840. The van der Waals surface area contributed by atoms with Crippen LogP contribution in [0.5, 0.6) is 0 Å². The molecule has 1 N–H and O–H groups in total. The number of esters is 1. The number of hydrogen-bond donors (Lipinski definition) is 1. The van der Waals surface area contributed by atoms with Crippen molar-refractivity contribution in [1.82, 2.24) is 44.3 Å². The van der Waals surface area contributed by atoms with Gasteiger partial charge in [-0.05, 0) is 31.4 Å². The van der Waals surface area contributed by atoms with E-state index in [-0.39, 0.29) is 41.2 Å². The van der Waals surface area contributed by atoms with Gasteiger partial charge in [-0.1, -0.05) is 16.8 Å².